The van der Waals surface area contributed by atoms with E-state index in [1.54, 1.807) is 30.6 Å². The number of carboxylic acids is 1. The number of ether oxygens (including phenoxy) is 1. The second-order valence-electron chi connectivity index (χ2n) is 7.94. The van der Waals surface area contributed by atoms with E-state index < -0.39 is 19.8 Å². The van der Waals surface area contributed by atoms with Crippen molar-refractivity contribution in [2.45, 2.75) is 31.8 Å². The van der Waals surface area contributed by atoms with E-state index in [0.29, 0.717) is 29.9 Å². The molecule has 0 bridgehead atoms. The molecule has 0 aliphatic heterocycles. The molecule has 0 amide bonds. The van der Waals surface area contributed by atoms with Gasteiger partial charge in [-0.05, 0) is 43.9 Å². The molecule has 4 N–H and O–H groups in total. The zero-order chi connectivity index (χ0) is 24.5. The van der Waals surface area contributed by atoms with Gasteiger partial charge in [-0.15, -0.1) is 0 Å². The Kier molecular flexibility index (Phi) is 7.08. The number of carbonyl (C=O) groups is 1. The summed E-state index contributed by atoms with van der Waals surface area (Å²) in [5.41, 5.74) is 6.89. The summed E-state index contributed by atoms with van der Waals surface area (Å²) in [5, 5.41) is 11.7. The van der Waals surface area contributed by atoms with Gasteiger partial charge in [-0.1, -0.05) is 22.0 Å². The minimum absolute atomic E-state index is 0.0740. The minimum atomic E-state index is -3.96. The number of hydrogen-bond acceptors (Lipinski definition) is 9. The first-order valence-corrected chi connectivity index (χ1v) is 12.8. The average molecular weight is 555 g/mol. The van der Waals surface area contributed by atoms with Crippen LogP contribution in [0.1, 0.15) is 25.8 Å². The number of aliphatic carboxylic acids is 1. The number of aromatic nitrogens is 4. The molecule has 182 valence electrons. The molecule has 34 heavy (non-hydrogen) atoms. The van der Waals surface area contributed by atoms with Crippen LogP contribution in [0.5, 0.6) is 11.6 Å². The number of nitrogen functional groups attached to an aromatic ring is 1. The first-order valence-electron chi connectivity index (χ1n) is 10.4. The van der Waals surface area contributed by atoms with Gasteiger partial charge in [-0.25, -0.2) is 9.55 Å². The SMILES string of the molecule is COc1nc(N)nc2c1ncn2[C@H]1C[C@@H](COP(=O)(NC(C)C(=O)O)Oc2cccc(Br)c2)C1. The van der Waals surface area contributed by atoms with Crippen LogP contribution in [0.15, 0.2) is 35.1 Å². The lowest BCUT2D eigenvalue weighted by Gasteiger charge is -2.36. The highest BCUT2D eigenvalue weighted by Gasteiger charge is 2.37. The molecule has 1 aromatic carbocycles. The Morgan fingerprint density at radius 1 is 1.41 bits per heavy atom. The summed E-state index contributed by atoms with van der Waals surface area (Å²) in [7, 11) is -2.47. The molecule has 3 aromatic rings. The van der Waals surface area contributed by atoms with E-state index in [0.717, 1.165) is 4.47 Å². The number of methoxy groups -OCH3 is 1. The Labute approximate surface area is 203 Å². The maximum absolute atomic E-state index is 13.4. The van der Waals surface area contributed by atoms with Crippen LogP contribution in [0, 0.1) is 5.92 Å². The van der Waals surface area contributed by atoms with Gasteiger partial charge in [0.2, 0.25) is 11.8 Å². The van der Waals surface area contributed by atoms with Crippen LogP contribution in [0.2, 0.25) is 0 Å². The van der Waals surface area contributed by atoms with Gasteiger partial charge in [-0.2, -0.15) is 15.1 Å². The van der Waals surface area contributed by atoms with Crippen molar-refractivity contribution < 1.29 is 28.3 Å². The quantitative estimate of drug-likeness (QED) is 0.314. The third-order valence-electron chi connectivity index (χ3n) is 5.43. The number of nitrogens with zero attached hydrogens (tertiary/aromatic N) is 4. The second kappa shape index (κ2) is 9.87. The highest BCUT2D eigenvalue weighted by Crippen LogP contribution is 2.48. The van der Waals surface area contributed by atoms with Gasteiger partial charge in [0, 0.05) is 10.5 Å². The van der Waals surface area contributed by atoms with E-state index >= 15 is 0 Å². The van der Waals surface area contributed by atoms with Gasteiger partial charge < -0.3 is 24.7 Å². The van der Waals surface area contributed by atoms with Gasteiger partial charge in [0.15, 0.2) is 11.2 Å². The third kappa shape index (κ3) is 5.33. The van der Waals surface area contributed by atoms with Crippen LogP contribution in [0.3, 0.4) is 0 Å². The van der Waals surface area contributed by atoms with E-state index in [4.69, 9.17) is 19.5 Å². The van der Waals surface area contributed by atoms with E-state index in [9.17, 15) is 14.5 Å². The van der Waals surface area contributed by atoms with Crippen molar-refractivity contribution in [3.8, 4) is 11.6 Å². The van der Waals surface area contributed by atoms with Crippen molar-refractivity contribution in [3.63, 3.8) is 0 Å². The summed E-state index contributed by atoms with van der Waals surface area (Å²) in [6, 6.07) is 5.68. The second-order valence-corrected chi connectivity index (χ2v) is 10.5. The summed E-state index contributed by atoms with van der Waals surface area (Å²) in [5.74, 6) is -0.413. The van der Waals surface area contributed by atoms with E-state index in [1.165, 1.54) is 14.0 Å². The highest BCUT2D eigenvalue weighted by atomic mass is 79.9. The molecule has 1 fully saturated rings. The van der Waals surface area contributed by atoms with Gasteiger partial charge in [0.25, 0.3) is 0 Å². The summed E-state index contributed by atoms with van der Waals surface area (Å²) in [6.07, 6.45) is 3.09. The van der Waals surface area contributed by atoms with Crippen LogP contribution in [-0.4, -0.2) is 50.4 Å². The van der Waals surface area contributed by atoms with Crippen molar-refractivity contribution in [1.29, 1.82) is 0 Å². The van der Waals surface area contributed by atoms with Crippen molar-refractivity contribution in [3.05, 3.63) is 35.1 Å². The number of anilines is 1. The standard InChI is InChI=1S/C20H24BrN6O6P/c1-11(19(28)29)26-34(30,33-15-5-3-4-13(21)8-15)32-9-12-6-14(7-12)27-10-23-16-17(27)24-20(22)25-18(16)31-2/h3-5,8,10-12,14H,6-7,9H2,1-2H3,(H,26,30)(H,28,29)(H2,22,24,25)/t11?,12-,14+,34?. The fourth-order valence-electron chi connectivity index (χ4n) is 3.63. The molecule has 2 unspecified atom stereocenters. The molecule has 1 saturated carbocycles. The first-order chi connectivity index (χ1) is 16.2. The minimum Gasteiger partial charge on any atom is -0.480 e. The highest BCUT2D eigenvalue weighted by molar-refractivity contribution is 9.10. The molecule has 0 spiro atoms. The van der Waals surface area contributed by atoms with Gasteiger partial charge in [0.05, 0.1) is 20.0 Å². The number of nitrogens with two attached hydrogens (primary N) is 1. The summed E-state index contributed by atoms with van der Waals surface area (Å²) < 4.78 is 32.5. The number of hydrogen-bond donors (Lipinski definition) is 3. The zero-order valence-electron chi connectivity index (χ0n) is 18.4. The maximum atomic E-state index is 13.4. The van der Waals surface area contributed by atoms with Crippen LogP contribution >= 0.6 is 23.7 Å². The Bertz CT molecular complexity index is 1250. The molecule has 1 aliphatic carbocycles. The Balaban J connectivity index is 1.42. The Hall–Kier alpha value is -2.73. The number of imidazole rings is 1. The molecule has 2 heterocycles. The lowest BCUT2D eigenvalue weighted by molar-refractivity contribution is -0.138. The lowest BCUT2D eigenvalue weighted by atomic mass is 9.81. The first kappa shape index (κ1) is 24.4. The van der Waals surface area contributed by atoms with Gasteiger partial charge >= 0.3 is 13.7 Å². The van der Waals surface area contributed by atoms with E-state index in [1.807, 2.05) is 4.57 Å². The smallest absolute Gasteiger partial charge is 0.459 e. The largest absolute Gasteiger partial charge is 0.480 e. The van der Waals surface area contributed by atoms with Gasteiger partial charge in [-0.3, -0.25) is 9.32 Å². The molecule has 2 aromatic heterocycles. The zero-order valence-corrected chi connectivity index (χ0v) is 20.9. The predicted molar refractivity (Wildman–Crippen MR) is 127 cm³/mol. The van der Waals surface area contributed by atoms with Crippen molar-refractivity contribution in [1.82, 2.24) is 24.6 Å². The number of benzene rings is 1. The predicted octanol–water partition coefficient (Wildman–Crippen LogP) is 3.40. The average Bonchev–Trinajstić information content (AvgIpc) is 3.15. The summed E-state index contributed by atoms with van der Waals surface area (Å²) >= 11 is 3.33. The number of halogens is 1. The fraction of sp³-hybridized carbons (Fsp3) is 0.400. The normalized spacial score (nSPS) is 20.3. The van der Waals surface area contributed by atoms with E-state index in [2.05, 4.69) is 36.0 Å². The van der Waals surface area contributed by atoms with E-state index in [-0.39, 0.29) is 30.3 Å². The fourth-order valence-corrected chi connectivity index (χ4v) is 5.57. The topological polar surface area (TPSA) is 164 Å². The van der Waals surface area contributed by atoms with Crippen molar-refractivity contribution >= 4 is 46.8 Å². The number of nitrogens with one attached hydrogen (secondary N) is 1. The molecule has 4 rings (SSSR count). The third-order valence-corrected chi connectivity index (χ3v) is 7.57. The Morgan fingerprint density at radius 3 is 2.85 bits per heavy atom. The molecular weight excluding hydrogens is 531 g/mol. The molecular formula is C20H24BrN6O6P. The number of carboxylic acid groups (broad SMARTS) is 1. The molecule has 12 nitrogen and oxygen atoms in total. The molecule has 2 atom stereocenters. The van der Waals surface area contributed by atoms with Crippen LogP contribution in [-0.2, 0) is 13.9 Å². The van der Waals surface area contributed by atoms with Crippen molar-refractivity contribution in [2.24, 2.45) is 5.92 Å². The van der Waals surface area contributed by atoms with Crippen LogP contribution < -0.4 is 20.1 Å². The number of fused-ring (bicyclic) bond motifs is 1. The molecule has 14 heteroatoms. The molecule has 1 aliphatic rings. The Morgan fingerprint density at radius 2 is 2.18 bits per heavy atom. The lowest BCUT2D eigenvalue weighted by Crippen LogP contribution is -2.35. The van der Waals surface area contributed by atoms with Crippen molar-refractivity contribution in [2.75, 3.05) is 19.5 Å². The van der Waals surface area contributed by atoms with Gasteiger partial charge in [0.1, 0.15) is 11.8 Å². The van der Waals surface area contributed by atoms with Crippen LogP contribution in [0.25, 0.3) is 11.2 Å². The van der Waals surface area contributed by atoms with Crippen LogP contribution in [0.4, 0.5) is 5.95 Å². The maximum Gasteiger partial charge on any atom is 0.459 e. The number of rotatable bonds is 10. The molecule has 0 saturated heterocycles. The summed E-state index contributed by atoms with van der Waals surface area (Å²) in [4.78, 5) is 24.0. The monoisotopic (exact) mass is 554 g/mol. The molecule has 0 radical (unpaired) electrons. The summed E-state index contributed by atoms with van der Waals surface area (Å²) in [6.45, 7) is 1.49.